The third-order valence-corrected chi connectivity index (χ3v) is 5.79. The Morgan fingerprint density at radius 2 is 2.00 bits per heavy atom. The molecule has 0 N–H and O–H groups in total. The summed E-state index contributed by atoms with van der Waals surface area (Å²) in [7, 11) is 0. The fraction of sp³-hybridized carbons (Fsp3) is 0.312. The molecule has 1 aliphatic carbocycles. The van der Waals surface area contributed by atoms with Gasteiger partial charge >= 0.3 is 0 Å². The van der Waals surface area contributed by atoms with E-state index < -0.39 is 0 Å². The SMILES string of the molecule is O=C(Cc1cccc(Cl)c1Cl)c1cc2c(s1)CCCC2. The van der Waals surface area contributed by atoms with Gasteiger partial charge in [-0.3, -0.25) is 4.79 Å². The molecule has 20 heavy (non-hydrogen) atoms. The van der Waals surface area contributed by atoms with Crippen LogP contribution in [0.1, 0.15) is 38.5 Å². The Balaban J connectivity index is 1.82. The van der Waals surface area contributed by atoms with Crippen LogP contribution in [0.4, 0.5) is 0 Å². The van der Waals surface area contributed by atoms with Gasteiger partial charge in [0.25, 0.3) is 0 Å². The second-order valence-electron chi connectivity index (χ2n) is 5.08. The molecule has 1 aliphatic rings. The van der Waals surface area contributed by atoms with Crippen LogP contribution in [0.2, 0.25) is 10.0 Å². The summed E-state index contributed by atoms with van der Waals surface area (Å²) < 4.78 is 0. The molecule has 104 valence electrons. The molecule has 1 aromatic carbocycles. The van der Waals surface area contributed by atoms with Crippen molar-refractivity contribution in [1.82, 2.24) is 0 Å². The van der Waals surface area contributed by atoms with Crippen LogP contribution in [0, 0.1) is 0 Å². The van der Waals surface area contributed by atoms with E-state index in [0.717, 1.165) is 23.3 Å². The average Bonchev–Trinajstić information content (AvgIpc) is 2.88. The largest absolute Gasteiger partial charge is 0.293 e. The Bertz CT molecular complexity index is 637. The van der Waals surface area contributed by atoms with Crippen molar-refractivity contribution in [3.63, 3.8) is 0 Å². The number of aryl methyl sites for hydroxylation is 2. The molecule has 1 aromatic heterocycles. The minimum absolute atomic E-state index is 0.133. The summed E-state index contributed by atoms with van der Waals surface area (Å²) >= 11 is 13.8. The second-order valence-corrected chi connectivity index (χ2v) is 7.00. The highest BCUT2D eigenvalue weighted by Crippen LogP contribution is 2.31. The Morgan fingerprint density at radius 1 is 1.20 bits per heavy atom. The van der Waals surface area contributed by atoms with Crippen LogP contribution in [0.3, 0.4) is 0 Å². The molecular weight excluding hydrogens is 311 g/mol. The molecule has 1 heterocycles. The van der Waals surface area contributed by atoms with Gasteiger partial charge in [0.1, 0.15) is 0 Å². The van der Waals surface area contributed by atoms with Gasteiger partial charge in [-0.1, -0.05) is 35.3 Å². The summed E-state index contributed by atoms with van der Waals surface area (Å²) in [5.41, 5.74) is 2.16. The molecule has 0 bridgehead atoms. The maximum absolute atomic E-state index is 12.4. The Hall–Kier alpha value is -0.830. The number of hydrogen-bond acceptors (Lipinski definition) is 2. The highest BCUT2D eigenvalue weighted by Gasteiger charge is 2.18. The van der Waals surface area contributed by atoms with E-state index in [2.05, 4.69) is 6.07 Å². The maximum Gasteiger partial charge on any atom is 0.177 e. The lowest BCUT2D eigenvalue weighted by Gasteiger charge is -2.08. The summed E-state index contributed by atoms with van der Waals surface area (Å²) in [6, 6.07) is 7.50. The van der Waals surface area contributed by atoms with Gasteiger partial charge in [0, 0.05) is 11.3 Å². The number of Topliss-reactive ketones (excluding diaryl/α,β-unsaturated/α-hetero) is 1. The number of carbonyl (C=O) groups is 1. The highest BCUT2D eigenvalue weighted by atomic mass is 35.5. The number of fused-ring (bicyclic) bond motifs is 1. The molecular formula is C16H14Cl2OS. The first-order chi connectivity index (χ1) is 9.65. The fourth-order valence-electron chi connectivity index (χ4n) is 2.57. The van der Waals surface area contributed by atoms with E-state index in [1.54, 1.807) is 17.4 Å². The predicted molar refractivity (Wildman–Crippen MR) is 85.5 cm³/mol. The first-order valence-corrected chi connectivity index (χ1v) is 8.30. The molecule has 0 fully saturated rings. The lowest BCUT2D eigenvalue weighted by atomic mass is 9.98. The normalized spacial score (nSPS) is 14.1. The number of thiophene rings is 1. The van der Waals surface area contributed by atoms with Crippen LogP contribution in [0.25, 0.3) is 0 Å². The van der Waals surface area contributed by atoms with Gasteiger partial charge < -0.3 is 0 Å². The molecule has 3 rings (SSSR count). The summed E-state index contributed by atoms with van der Waals surface area (Å²) in [5.74, 6) is 0.133. The van der Waals surface area contributed by atoms with Gasteiger partial charge in [-0.05, 0) is 48.9 Å². The maximum atomic E-state index is 12.4. The van der Waals surface area contributed by atoms with E-state index in [-0.39, 0.29) is 5.78 Å². The smallest absolute Gasteiger partial charge is 0.177 e. The molecule has 0 saturated carbocycles. The van der Waals surface area contributed by atoms with E-state index in [0.29, 0.717) is 16.5 Å². The Labute approximate surface area is 132 Å². The lowest BCUT2D eigenvalue weighted by Crippen LogP contribution is -2.02. The number of carbonyl (C=O) groups excluding carboxylic acids is 1. The third-order valence-electron chi connectivity index (χ3n) is 3.65. The van der Waals surface area contributed by atoms with Crippen LogP contribution in [-0.2, 0) is 19.3 Å². The molecule has 0 aliphatic heterocycles. The minimum Gasteiger partial charge on any atom is -0.293 e. The Kier molecular flexibility index (Phi) is 4.16. The van der Waals surface area contributed by atoms with Crippen LogP contribution in [-0.4, -0.2) is 5.78 Å². The van der Waals surface area contributed by atoms with E-state index in [4.69, 9.17) is 23.2 Å². The molecule has 0 radical (unpaired) electrons. The molecule has 2 aromatic rings. The van der Waals surface area contributed by atoms with Crippen molar-refractivity contribution in [3.05, 3.63) is 55.2 Å². The van der Waals surface area contributed by atoms with Crippen LogP contribution in [0.15, 0.2) is 24.3 Å². The second kappa shape index (κ2) is 5.88. The predicted octanol–water partition coefficient (Wildman–Crippen LogP) is 5.36. The van der Waals surface area contributed by atoms with Crippen LogP contribution < -0.4 is 0 Å². The summed E-state index contributed by atoms with van der Waals surface area (Å²) in [4.78, 5) is 14.6. The number of ketones is 1. The van der Waals surface area contributed by atoms with Crippen molar-refractivity contribution in [3.8, 4) is 0 Å². The molecule has 0 unspecified atom stereocenters. The number of benzene rings is 1. The summed E-state index contributed by atoms with van der Waals surface area (Å²) in [5, 5.41) is 0.992. The van der Waals surface area contributed by atoms with Crippen molar-refractivity contribution in [1.29, 1.82) is 0 Å². The number of hydrogen-bond donors (Lipinski definition) is 0. The Morgan fingerprint density at radius 3 is 2.80 bits per heavy atom. The average molecular weight is 325 g/mol. The highest BCUT2D eigenvalue weighted by molar-refractivity contribution is 7.14. The third kappa shape index (κ3) is 2.78. The van der Waals surface area contributed by atoms with Gasteiger partial charge in [0.15, 0.2) is 5.78 Å². The summed E-state index contributed by atoms with van der Waals surface area (Å²) in [6.45, 7) is 0. The standard InChI is InChI=1S/C16H14Cl2OS/c17-12-6-3-5-11(16(12)18)8-13(19)15-9-10-4-1-2-7-14(10)20-15/h3,5-6,9H,1-2,4,7-8H2. The zero-order valence-corrected chi connectivity index (χ0v) is 13.2. The van der Waals surface area contributed by atoms with E-state index in [1.807, 2.05) is 12.1 Å². The topological polar surface area (TPSA) is 17.1 Å². The number of halogens is 2. The van der Waals surface area contributed by atoms with Crippen molar-refractivity contribution >= 4 is 40.3 Å². The van der Waals surface area contributed by atoms with Gasteiger partial charge in [0.05, 0.1) is 14.9 Å². The molecule has 0 spiro atoms. The van der Waals surface area contributed by atoms with Crippen molar-refractivity contribution in [2.45, 2.75) is 32.1 Å². The zero-order valence-electron chi connectivity index (χ0n) is 10.9. The monoisotopic (exact) mass is 324 g/mol. The van der Waals surface area contributed by atoms with Crippen molar-refractivity contribution in [2.24, 2.45) is 0 Å². The fourth-order valence-corrected chi connectivity index (χ4v) is 4.15. The van der Waals surface area contributed by atoms with Crippen molar-refractivity contribution < 1.29 is 4.79 Å². The van der Waals surface area contributed by atoms with Gasteiger partial charge in [0.2, 0.25) is 0 Å². The molecule has 0 amide bonds. The van der Waals surface area contributed by atoms with Crippen molar-refractivity contribution in [2.75, 3.05) is 0 Å². The molecule has 0 saturated heterocycles. The quantitative estimate of drug-likeness (QED) is 0.694. The van der Waals surface area contributed by atoms with E-state index >= 15 is 0 Å². The molecule has 1 nitrogen and oxygen atoms in total. The van der Waals surface area contributed by atoms with Crippen LogP contribution in [0.5, 0.6) is 0 Å². The van der Waals surface area contributed by atoms with Gasteiger partial charge in [-0.15, -0.1) is 11.3 Å². The van der Waals surface area contributed by atoms with E-state index in [1.165, 1.54) is 23.3 Å². The lowest BCUT2D eigenvalue weighted by molar-refractivity contribution is 0.0997. The minimum atomic E-state index is 0.133. The molecule has 4 heteroatoms. The first-order valence-electron chi connectivity index (χ1n) is 6.73. The van der Waals surface area contributed by atoms with Gasteiger partial charge in [-0.2, -0.15) is 0 Å². The summed E-state index contributed by atoms with van der Waals surface area (Å²) in [6.07, 6.45) is 5.01. The van der Waals surface area contributed by atoms with E-state index in [9.17, 15) is 4.79 Å². The first kappa shape index (κ1) is 14.1. The van der Waals surface area contributed by atoms with Gasteiger partial charge in [-0.25, -0.2) is 0 Å². The zero-order chi connectivity index (χ0) is 14.1. The molecule has 0 atom stereocenters. The number of rotatable bonds is 3. The van der Waals surface area contributed by atoms with Crippen LogP contribution >= 0.6 is 34.5 Å².